The summed E-state index contributed by atoms with van der Waals surface area (Å²) in [6.07, 6.45) is 0. The van der Waals surface area contributed by atoms with Crippen LogP contribution in [-0.4, -0.2) is 34.0 Å². The van der Waals surface area contributed by atoms with Crippen LogP contribution in [0.15, 0.2) is 77.7 Å². The number of anilines is 1. The Bertz CT molecular complexity index is 1190. The highest BCUT2D eigenvalue weighted by Gasteiger charge is 2.28. The van der Waals surface area contributed by atoms with Gasteiger partial charge in [-0.05, 0) is 42.5 Å². The lowest BCUT2D eigenvalue weighted by Gasteiger charge is -2.25. The number of para-hydroxylation sites is 1. The Kier molecular flexibility index (Phi) is 8.26. The normalized spacial score (nSPS) is 11.1. The number of halogens is 3. The molecule has 32 heavy (non-hydrogen) atoms. The zero-order valence-electron chi connectivity index (χ0n) is 16.7. The van der Waals surface area contributed by atoms with Gasteiger partial charge >= 0.3 is 0 Å². The summed E-state index contributed by atoms with van der Waals surface area (Å²) in [6, 6.07) is 19.1. The van der Waals surface area contributed by atoms with Crippen LogP contribution in [0.1, 0.15) is 0 Å². The average Bonchev–Trinajstić information content (AvgIpc) is 2.77. The van der Waals surface area contributed by atoms with Crippen molar-refractivity contribution in [3.63, 3.8) is 0 Å². The van der Waals surface area contributed by atoms with Gasteiger partial charge in [-0.15, -0.1) is 0 Å². The SMILES string of the molecule is O=C(CN(c1ccc(Cl)cc1Cl)S(=O)(=O)c1ccccc1)NCCOc1ccccc1Cl. The second-order valence-corrected chi connectivity index (χ2v) is 9.66. The van der Waals surface area contributed by atoms with Crippen molar-refractivity contribution >= 4 is 56.4 Å². The van der Waals surface area contributed by atoms with E-state index in [9.17, 15) is 13.2 Å². The molecule has 168 valence electrons. The predicted octanol–water partition coefficient (Wildman–Crippen LogP) is 5.04. The molecule has 1 amide bonds. The van der Waals surface area contributed by atoms with E-state index < -0.39 is 22.5 Å². The first-order chi connectivity index (χ1) is 15.3. The van der Waals surface area contributed by atoms with Gasteiger partial charge in [-0.2, -0.15) is 0 Å². The molecule has 0 radical (unpaired) electrons. The molecular formula is C22H19Cl3N2O4S. The van der Waals surface area contributed by atoms with E-state index in [-0.39, 0.29) is 28.8 Å². The number of benzene rings is 3. The summed E-state index contributed by atoms with van der Waals surface area (Å²) in [5, 5.41) is 3.55. The number of carbonyl (C=O) groups excluding carboxylic acids is 1. The van der Waals surface area contributed by atoms with Gasteiger partial charge in [-0.3, -0.25) is 9.10 Å². The largest absolute Gasteiger partial charge is 0.490 e. The Balaban J connectivity index is 1.74. The van der Waals surface area contributed by atoms with Crippen molar-refractivity contribution in [2.45, 2.75) is 4.90 Å². The molecule has 0 atom stereocenters. The molecule has 0 heterocycles. The number of nitrogens with one attached hydrogen (secondary N) is 1. The fraction of sp³-hybridized carbons (Fsp3) is 0.136. The highest BCUT2D eigenvalue weighted by molar-refractivity contribution is 7.92. The fourth-order valence-corrected chi connectivity index (χ4v) is 5.01. The first-order valence-electron chi connectivity index (χ1n) is 9.46. The summed E-state index contributed by atoms with van der Waals surface area (Å²) in [5.74, 6) is -0.0390. The smallest absolute Gasteiger partial charge is 0.264 e. The second-order valence-electron chi connectivity index (χ2n) is 6.55. The van der Waals surface area contributed by atoms with E-state index in [1.54, 1.807) is 42.5 Å². The Morgan fingerprint density at radius 3 is 2.28 bits per heavy atom. The van der Waals surface area contributed by atoms with Crippen LogP contribution in [0, 0.1) is 0 Å². The number of nitrogens with zero attached hydrogens (tertiary/aromatic N) is 1. The highest BCUT2D eigenvalue weighted by atomic mass is 35.5. The monoisotopic (exact) mass is 512 g/mol. The zero-order chi connectivity index (χ0) is 23.1. The molecule has 0 saturated heterocycles. The van der Waals surface area contributed by atoms with Crippen LogP contribution in [0.2, 0.25) is 15.1 Å². The minimum atomic E-state index is -4.07. The van der Waals surface area contributed by atoms with Crippen molar-refractivity contribution in [3.8, 4) is 5.75 Å². The lowest BCUT2D eigenvalue weighted by Crippen LogP contribution is -2.42. The summed E-state index contributed by atoms with van der Waals surface area (Å²) in [4.78, 5) is 12.6. The minimum Gasteiger partial charge on any atom is -0.490 e. The van der Waals surface area contributed by atoms with Gasteiger partial charge in [0.05, 0.1) is 27.2 Å². The molecule has 0 unspecified atom stereocenters. The van der Waals surface area contributed by atoms with Crippen LogP contribution >= 0.6 is 34.8 Å². The summed E-state index contributed by atoms with van der Waals surface area (Å²) < 4.78 is 33.0. The first kappa shape index (κ1) is 24.2. The van der Waals surface area contributed by atoms with Gasteiger partial charge in [0, 0.05) is 5.02 Å². The molecule has 0 aromatic heterocycles. The third-order valence-corrected chi connectivity index (χ3v) is 6.94. The molecule has 0 aliphatic heterocycles. The van der Waals surface area contributed by atoms with Crippen LogP contribution in [0.4, 0.5) is 5.69 Å². The van der Waals surface area contributed by atoms with Gasteiger partial charge < -0.3 is 10.1 Å². The molecule has 0 spiro atoms. The quantitative estimate of drug-likeness (QED) is 0.407. The zero-order valence-corrected chi connectivity index (χ0v) is 19.8. The summed E-state index contributed by atoms with van der Waals surface area (Å²) in [7, 11) is -4.07. The number of ether oxygens (including phenoxy) is 1. The van der Waals surface area contributed by atoms with Gasteiger partial charge in [0.15, 0.2) is 0 Å². The van der Waals surface area contributed by atoms with Crippen molar-refractivity contribution in [1.82, 2.24) is 5.32 Å². The van der Waals surface area contributed by atoms with E-state index in [0.717, 1.165) is 4.31 Å². The van der Waals surface area contributed by atoms with Crippen LogP contribution in [0.5, 0.6) is 5.75 Å². The maximum atomic E-state index is 13.3. The maximum Gasteiger partial charge on any atom is 0.264 e. The lowest BCUT2D eigenvalue weighted by molar-refractivity contribution is -0.119. The molecule has 0 saturated carbocycles. The van der Waals surface area contributed by atoms with E-state index in [1.807, 2.05) is 0 Å². The van der Waals surface area contributed by atoms with Crippen molar-refractivity contribution in [3.05, 3.63) is 87.9 Å². The molecule has 0 aliphatic carbocycles. The third-order valence-electron chi connectivity index (χ3n) is 4.32. The van der Waals surface area contributed by atoms with Crippen molar-refractivity contribution in [2.75, 3.05) is 24.0 Å². The highest BCUT2D eigenvalue weighted by Crippen LogP contribution is 2.32. The van der Waals surface area contributed by atoms with E-state index >= 15 is 0 Å². The average molecular weight is 514 g/mol. The number of hydrogen-bond donors (Lipinski definition) is 1. The number of carbonyl (C=O) groups is 1. The number of amides is 1. The molecule has 0 fully saturated rings. The maximum absolute atomic E-state index is 13.3. The Morgan fingerprint density at radius 2 is 1.59 bits per heavy atom. The van der Waals surface area contributed by atoms with E-state index in [4.69, 9.17) is 39.5 Å². The molecule has 3 aromatic rings. The Labute approximate surface area is 201 Å². The van der Waals surface area contributed by atoms with E-state index in [2.05, 4.69) is 5.32 Å². The molecule has 1 N–H and O–H groups in total. The van der Waals surface area contributed by atoms with Crippen LogP contribution in [0.3, 0.4) is 0 Å². The number of hydrogen-bond acceptors (Lipinski definition) is 4. The van der Waals surface area contributed by atoms with Gasteiger partial charge in [-0.25, -0.2) is 8.42 Å². The van der Waals surface area contributed by atoms with Crippen LogP contribution < -0.4 is 14.4 Å². The van der Waals surface area contributed by atoms with E-state index in [1.165, 1.54) is 30.3 Å². The van der Waals surface area contributed by atoms with Crippen LogP contribution in [0.25, 0.3) is 0 Å². The molecule has 0 bridgehead atoms. The number of rotatable bonds is 9. The lowest BCUT2D eigenvalue weighted by atomic mass is 10.3. The summed E-state index contributed by atoms with van der Waals surface area (Å²) in [5.41, 5.74) is 0.141. The van der Waals surface area contributed by atoms with Crippen LogP contribution in [-0.2, 0) is 14.8 Å². The van der Waals surface area contributed by atoms with Gasteiger partial charge in [0.2, 0.25) is 5.91 Å². The molecule has 6 nitrogen and oxygen atoms in total. The Morgan fingerprint density at radius 1 is 0.906 bits per heavy atom. The topological polar surface area (TPSA) is 75.7 Å². The molecule has 3 aromatic carbocycles. The van der Waals surface area contributed by atoms with Crippen molar-refractivity contribution < 1.29 is 17.9 Å². The second kappa shape index (κ2) is 10.9. The molecule has 0 aliphatic rings. The predicted molar refractivity (Wildman–Crippen MR) is 127 cm³/mol. The molecule has 10 heteroatoms. The number of sulfonamides is 1. The van der Waals surface area contributed by atoms with Crippen molar-refractivity contribution in [2.24, 2.45) is 0 Å². The standard InChI is InChI=1S/C22H19Cl3N2O4S/c23-16-10-11-20(19(25)14-16)27(32(29,30)17-6-2-1-3-7-17)15-22(28)26-12-13-31-21-9-5-4-8-18(21)24/h1-11,14H,12-13,15H2,(H,26,28). The summed E-state index contributed by atoms with van der Waals surface area (Å²) in [6.45, 7) is -0.176. The molecule has 3 rings (SSSR count). The van der Waals surface area contributed by atoms with Crippen molar-refractivity contribution in [1.29, 1.82) is 0 Å². The first-order valence-corrected chi connectivity index (χ1v) is 12.0. The molecular weight excluding hydrogens is 495 g/mol. The van der Waals surface area contributed by atoms with Gasteiger partial charge in [-0.1, -0.05) is 65.1 Å². The van der Waals surface area contributed by atoms with E-state index in [0.29, 0.717) is 15.8 Å². The van der Waals surface area contributed by atoms with Gasteiger partial charge in [0.25, 0.3) is 10.0 Å². The fourth-order valence-electron chi connectivity index (χ4n) is 2.80. The minimum absolute atomic E-state index is 0.0286. The van der Waals surface area contributed by atoms with Gasteiger partial charge in [0.1, 0.15) is 18.9 Å². The third kappa shape index (κ3) is 6.07. The summed E-state index contributed by atoms with van der Waals surface area (Å²) >= 11 is 18.2. The Hall–Kier alpha value is -2.45.